The minimum Gasteiger partial charge on any atom is -0.466 e. The second-order valence-electron chi connectivity index (χ2n) is 3.05. The van der Waals surface area contributed by atoms with Crippen LogP contribution in [-0.2, 0) is 9.53 Å². The number of hydrogen-bond donors (Lipinski definition) is 0. The zero-order valence-corrected chi connectivity index (χ0v) is 9.31. The zero-order valence-electron chi connectivity index (χ0n) is 9.31. The maximum absolute atomic E-state index is 11.1. The van der Waals surface area contributed by atoms with Gasteiger partial charge in [0, 0.05) is 23.1 Å². The lowest BCUT2D eigenvalue weighted by Gasteiger charge is -2.00. The lowest BCUT2D eigenvalue weighted by atomic mass is 10.1. The fraction of sp³-hybridized carbons (Fsp3) is 0.100. The van der Waals surface area contributed by atoms with E-state index in [9.17, 15) is 14.9 Å². The molecule has 0 bridgehead atoms. The number of non-ortho nitro benzene ring substituents is 1. The smallest absolute Gasteiger partial charge is 0.330 e. The summed E-state index contributed by atoms with van der Waals surface area (Å²) < 4.78 is 4.40. The van der Waals surface area contributed by atoms with Crippen molar-refractivity contribution in [2.75, 3.05) is 7.11 Å². The molecule has 8 nitrogen and oxygen atoms in total. The third-order valence-corrected chi connectivity index (χ3v) is 1.98. The normalized spacial score (nSPS) is 10.4. The van der Waals surface area contributed by atoms with E-state index >= 15 is 0 Å². The molecule has 0 unspecified atom stereocenters. The van der Waals surface area contributed by atoms with Crippen molar-refractivity contribution in [2.24, 2.45) is 5.11 Å². The van der Waals surface area contributed by atoms with Gasteiger partial charge in [-0.2, -0.15) is 0 Å². The number of nitro groups is 1. The monoisotopic (exact) mass is 248 g/mol. The van der Waals surface area contributed by atoms with Crippen LogP contribution in [0.25, 0.3) is 16.1 Å². The van der Waals surface area contributed by atoms with Gasteiger partial charge in [0.1, 0.15) is 0 Å². The predicted molar refractivity (Wildman–Crippen MR) is 62.2 cm³/mol. The summed E-state index contributed by atoms with van der Waals surface area (Å²) in [5.74, 6) is -0.684. The van der Waals surface area contributed by atoms with E-state index in [1.165, 1.54) is 31.4 Å². The van der Waals surface area contributed by atoms with Gasteiger partial charge < -0.3 is 4.74 Å². The van der Waals surface area contributed by atoms with E-state index in [0.717, 1.165) is 6.08 Å². The number of azide groups is 1. The third kappa shape index (κ3) is 3.32. The molecule has 1 aromatic carbocycles. The standard InChI is InChI=1S/C10H8N4O4/c1-18-10(15)6-9(12-13-11)7-2-4-8(5-3-7)14(16)17/h2-6H,1H3/b9-6-. The summed E-state index contributed by atoms with van der Waals surface area (Å²) in [6.45, 7) is 0. The summed E-state index contributed by atoms with van der Waals surface area (Å²) in [6.07, 6.45) is 1.00. The Balaban J connectivity index is 3.15. The number of hydrogen-bond acceptors (Lipinski definition) is 5. The van der Waals surface area contributed by atoms with Crippen molar-refractivity contribution in [3.8, 4) is 0 Å². The molecular weight excluding hydrogens is 240 g/mol. The molecule has 0 heterocycles. The van der Waals surface area contributed by atoms with Crippen molar-refractivity contribution in [1.29, 1.82) is 0 Å². The summed E-state index contributed by atoms with van der Waals surface area (Å²) in [6, 6.07) is 5.24. The Morgan fingerprint density at radius 3 is 2.56 bits per heavy atom. The van der Waals surface area contributed by atoms with Crippen molar-refractivity contribution in [1.82, 2.24) is 0 Å². The average Bonchev–Trinajstić information content (AvgIpc) is 2.38. The largest absolute Gasteiger partial charge is 0.466 e. The molecule has 0 aliphatic carbocycles. The zero-order chi connectivity index (χ0) is 13.5. The molecule has 92 valence electrons. The summed E-state index contributed by atoms with van der Waals surface area (Å²) in [4.78, 5) is 23.5. The average molecular weight is 248 g/mol. The summed E-state index contributed by atoms with van der Waals surface area (Å²) >= 11 is 0. The molecule has 0 aliphatic rings. The Morgan fingerprint density at radius 2 is 2.11 bits per heavy atom. The van der Waals surface area contributed by atoms with Gasteiger partial charge in [0.15, 0.2) is 0 Å². The minimum absolute atomic E-state index is 0.0271. The molecule has 0 N–H and O–H groups in total. The molecule has 0 fully saturated rings. The first kappa shape index (κ1) is 13.2. The molecule has 0 saturated carbocycles. The topological polar surface area (TPSA) is 118 Å². The van der Waals surface area contributed by atoms with E-state index in [1.807, 2.05) is 0 Å². The number of ether oxygens (including phenoxy) is 1. The highest BCUT2D eigenvalue weighted by Crippen LogP contribution is 2.20. The molecule has 0 saturated heterocycles. The Labute approximate surface area is 101 Å². The molecule has 1 rings (SSSR count). The first-order valence-corrected chi connectivity index (χ1v) is 4.68. The molecule has 1 aromatic rings. The SMILES string of the molecule is COC(=O)/C=C(\N=[N+]=[N-])c1ccc([N+](=O)[O-])cc1. The molecular formula is C10H8N4O4. The quantitative estimate of drug-likeness (QED) is 0.154. The minimum atomic E-state index is -0.684. The van der Waals surface area contributed by atoms with Crippen LogP contribution in [0.3, 0.4) is 0 Å². The van der Waals surface area contributed by atoms with Crippen molar-refractivity contribution in [3.63, 3.8) is 0 Å². The van der Waals surface area contributed by atoms with Crippen LogP contribution >= 0.6 is 0 Å². The van der Waals surface area contributed by atoms with Crippen LogP contribution in [0.1, 0.15) is 5.56 Å². The van der Waals surface area contributed by atoms with Crippen molar-refractivity contribution < 1.29 is 14.5 Å². The number of nitro benzene ring substituents is 1. The van der Waals surface area contributed by atoms with Gasteiger partial charge in [-0.3, -0.25) is 10.1 Å². The highest BCUT2D eigenvalue weighted by Gasteiger charge is 2.07. The number of benzene rings is 1. The highest BCUT2D eigenvalue weighted by atomic mass is 16.6. The second kappa shape index (κ2) is 6.02. The van der Waals surface area contributed by atoms with Gasteiger partial charge in [-0.1, -0.05) is 5.11 Å². The lowest BCUT2D eigenvalue weighted by Crippen LogP contribution is -1.96. The molecule has 18 heavy (non-hydrogen) atoms. The summed E-state index contributed by atoms with van der Waals surface area (Å²) in [5.41, 5.74) is 8.69. The van der Waals surface area contributed by atoms with Crippen molar-refractivity contribution >= 4 is 17.4 Å². The number of carbonyl (C=O) groups excluding carboxylic acids is 1. The molecule has 0 atom stereocenters. The van der Waals surface area contributed by atoms with Gasteiger partial charge in [0.2, 0.25) is 0 Å². The van der Waals surface area contributed by atoms with Crippen LogP contribution in [0.2, 0.25) is 0 Å². The van der Waals surface area contributed by atoms with Gasteiger partial charge in [-0.15, -0.1) is 0 Å². The lowest BCUT2D eigenvalue weighted by molar-refractivity contribution is -0.384. The van der Waals surface area contributed by atoms with E-state index in [0.29, 0.717) is 5.56 Å². The van der Waals surface area contributed by atoms with Crippen LogP contribution in [0, 0.1) is 10.1 Å². The number of carbonyl (C=O) groups is 1. The van der Waals surface area contributed by atoms with Crippen LogP contribution in [0.15, 0.2) is 35.5 Å². The second-order valence-corrected chi connectivity index (χ2v) is 3.05. The molecule has 8 heteroatoms. The Bertz CT molecular complexity index is 544. The van der Waals surface area contributed by atoms with E-state index in [1.54, 1.807) is 0 Å². The summed E-state index contributed by atoms with van der Waals surface area (Å²) in [7, 11) is 1.18. The van der Waals surface area contributed by atoms with Crippen LogP contribution < -0.4 is 0 Å². The first-order chi connectivity index (χ1) is 8.58. The Morgan fingerprint density at radius 1 is 1.50 bits per heavy atom. The van der Waals surface area contributed by atoms with E-state index in [-0.39, 0.29) is 11.4 Å². The van der Waals surface area contributed by atoms with Crippen LogP contribution in [-0.4, -0.2) is 18.0 Å². The molecule has 0 radical (unpaired) electrons. The molecule has 0 aromatic heterocycles. The van der Waals surface area contributed by atoms with Gasteiger partial charge in [0.25, 0.3) is 5.69 Å². The van der Waals surface area contributed by atoms with E-state index < -0.39 is 10.9 Å². The molecule has 0 spiro atoms. The Kier molecular flexibility index (Phi) is 4.42. The summed E-state index contributed by atoms with van der Waals surface area (Å²) in [5, 5.41) is 13.8. The van der Waals surface area contributed by atoms with Gasteiger partial charge >= 0.3 is 5.97 Å². The van der Waals surface area contributed by atoms with Crippen molar-refractivity contribution in [3.05, 3.63) is 56.5 Å². The molecule has 0 amide bonds. The maximum Gasteiger partial charge on any atom is 0.330 e. The van der Waals surface area contributed by atoms with Crippen LogP contribution in [0.5, 0.6) is 0 Å². The number of rotatable bonds is 4. The number of nitrogens with zero attached hydrogens (tertiary/aromatic N) is 4. The van der Waals surface area contributed by atoms with Crippen molar-refractivity contribution in [2.45, 2.75) is 0 Å². The van der Waals surface area contributed by atoms with Gasteiger partial charge in [0.05, 0.1) is 17.7 Å². The highest BCUT2D eigenvalue weighted by molar-refractivity contribution is 5.91. The third-order valence-electron chi connectivity index (χ3n) is 1.98. The fourth-order valence-corrected chi connectivity index (χ4v) is 1.14. The molecule has 0 aliphatic heterocycles. The number of esters is 1. The maximum atomic E-state index is 11.1. The predicted octanol–water partition coefficient (Wildman–Crippen LogP) is 2.42. The van der Waals surface area contributed by atoms with Crippen LogP contribution in [0.4, 0.5) is 5.69 Å². The fourth-order valence-electron chi connectivity index (χ4n) is 1.14. The Hall–Kier alpha value is -2.86. The first-order valence-electron chi connectivity index (χ1n) is 4.68. The van der Waals surface area contributed by atoms with E-state index in [2.05, 4.69) is 14.8 Å². The van der Waals surface area contributed by atoms with Gasteiger partial charge in [-0.05, 0) is 23.2 Å². The van der Waals surface area contributed by atoms with E-state index in [4.69, 9.17) is 5.53 Å². The number of methoxy groups -OCH3 is 1. The van der Waals surface area contributed by atoms with Gasteiger partial charge in [-0.25, -0.2) is 4.79 Å².